The number of phenolic OH excluding ortho intramolecular Hbond substituents is 12. The van der Waals surface area contributed by atoms with Crippen molar-refractivity contribution in [1.82, 2.24) is 0 Å². The van der Waals surface area contributed by atoms with Crippen molar-refractivity contribution in [3.63, 3.8) is 0 Å². The highest BCUT2D eigenvalue weighted by molar-refractivity contribution is 6.08. The number of cyclic esters (lactones) is 1. The monoisotopic (exact) mass is 786 g/mol. The number of esters is 4. The summed E-state index contributed by atoms with van der Waals surface area (Å²) in [7, 11) is 0. The fourth-order valence-electron chi connectivity index (χ4n) is 5.73. The van der Waals surface area contributed by atoms with E-state index in [1.807, 2.05) is 0 Å². The highest BCUT2D eigenvalue weighted by Crippen LogP contribution is 2.53. The summed E-state index contributed by atoms with van der Waals surface area (Å²) in [5, 5.41) is 134. The van der Waals surface area contributed by atoms with Gasteiger partial charge in [-0.3, -0.25) is 0 Å². The lowest BCUT2D eigenvalue weighted by Gasteiger charge is -2.42. The number of ether oxygens (including phenoxy) is 5. The molecule has 0 saturated carbocycles. The zero-order valence-corrected chi connectivity index (χ0v) is 27.5. The van der Waals surface area contributed by atoms with Gasteiger partial charge in [-0.2, -0.15) is 0 Å². The SMILES string of the molecule is O=C(OC1OC2COC(=O)c3cc(O)c(O)c(O)c3-c3c(cc(O)c(O)c3O)C(=O)OC(C2O)C1OC(=O)c1cc(O)c(O)c(O)c1)c1cc(O)c(O)c(O)c1. The first-order valence-electron chi connectivity index (χ1n) is 15.5. The van der Waals surface area contributed by atoms with Crippen LogP contribution in [0, 0.1) is 0 Å². The second kappa shape index (κ2) is 13.9. The van der Waals surface area contributed by atoms with Gasteiger partial charge in [0.05, 0.1) is 22.3 Å². The molecule has 22 heteroatoms. The molecule has 0 spiro atoms. The molecule has 294 valence electrons. The molecule has 2 bridgehead atoms. The Morgan fingerprint density at radius 2 is 0.964 bits per heavy atom. The van der Waals surface area contributed by atoms with E-state index in [1.54, 1.807) is 0 Å². The van der Waals surface area contributed by atoms with Crippen molar-refractivity contribution in [3.05, 3.63) is 58.7 Å². The number of aromatic hydroxyl groups is 12. The number of carbonyl (C=O) groups is 4. The third kappa shape index (κ3) is 6.45. The summed E-state index contributed by atoms with van der Waals surface area (Å²) in [6.45, 7) is -1.09. The predicted molar refractivity (Wildman–Crippen MR) is 174 cm³/mol. The van der Waals surface area contributed by atoms with Gasteiger partial charge in [-0.25, -0.2) is 19.2 Å². The smallest absolute Gasteiger partial charge is 0.340 e. The van der Waals surface area contributed by atoms with Crippen LogP contribution >= 0.6 is 0 Å². The minimum absolute atomic E-state index is 0.435. The molecular formula is C34H26O22. The molecule has 0 aromatic heterocycles. The molecule has 2 aliphatic rings. The van der Waals surface area contributed by atoms with Gasteiger partial charge in [0, 0.05) is 11.1 Å². The fraction of sp³-hybridized carbons (Fsp3) is 0.176. The number of aliphatic hydroxyl groups excluding tert-OH is 1. The first kappa shape index (κ1) is 38.0. The van der Waals surface area contributed by atoms with Crippen LogP contribution in [0.4, 0.5) is 0 Å². The van der Waals surface area contributed by atoms with E-state index >= 15 is 0 Å². The van der Waals surface area contributed by atoms with Crippen LogP contribution in [0.3, 0.4) is 0 Å². The second-order valence-electron chi connectivity index (χ2n) is 12.0. The molecule has 0 amide bonds. The molecule has 13 N–H and O–H groups in total. The van der Waals surface area contributed by atoms with Gasteiger partial charge in [0.2, 0.25) is 23.9 Å². The van der Waals surface area contributed by atoms with Crippen molar-refractivity contribution >= 4 is 23.9 Å². The van der Waals surface area contributed by atoms with Gasteiger partial charge in [0.1, 0.15) is 18.8 Å². The third-order valence-corrected chi connectivity index (χ3v) is 8.52. The van der Waals surface area contributed by atoms with Crippen LogP contribution in [0.1, 0.15) is 41.4 Å². The Labute approximate surface area is 309 Å². The number of benzene rings is 4. The van der Waals surface area contributed by atoms with Gasteiger partial charge >= 0.3 is 23.9 Å². The van der Waals surface area contributed by atoms with Gasteiger partial charge < -0.3 is 90.1 Å². The zero-order chi connectivity index (χ0) is 41.1. The van der Waals surface area contributed by atoms with Crippen molar-refractivity contribution in [2.45, 2.75) is 30.7 Å². The number of fused-ring (bicyclic) bond motifs is 5. The molecule has 1 saturated heterocycles. The van der Waals surface area contributed by atoms with E-state index < -0.39 is 164 Å². The summed E-state index contributed by atoms with van der Waals surface area (Å²) in [4.78, 5) is 54.2. The van der Waals surface area contributed by atoms with Crippen LogP contribution in [-0.4, -0.2) is 128 Å². The van der Waals surface area contributed by atoms with Crippen LogP contribution < -0.4 is 0 Å². The molecule has 4 aromatic rings. The maximum atomic E-state index is 14.0. The van der Waals surface area contributed by atoms with Crippen LogP contribution in [0.25, 0.3) is 11.1 Å². The Bertz CT molecular complexity index is 2290. The predicted octanol–water partition coefficient (Wildman–Crippen LogP) is 0.685. The van der Waals surface area contributed by atoms with Gasteiger partial charge in [-0.05, 0) is 36.4 Å². The number of hydrogen-bond donors (Lipinski definition) is 13. The summed E-state index contributed by atoms with van der Waals surface area (Å²) in [5.74, 6) is -20.3. The fourth-order valence-corrected chi connectivity index (χ4v) is 5.73. The molecule has 6 rings (SSSR count). The summed E-state index contributed by atoms with van der Waals surface area (Å²) < 4.78 is 27.0. The molecule has 2 aliphatic heterocycles. The quantitative estimate of drug-likeness (QED) is 0.0768. The maximum absolute atomic E-state index is 14.0. The lowest BCUT2D eigenvalue weighted by molar-refractivity contribution is -0.283. The van der Waals surface area contributed by atoms with Crippen molar-refractivity contribution in [2.24, 2.45) is 0 Å². The third-order valence-electron chi connectivity index (χ3n) is 8.52. The zero-order valence-electron chi connectivity index (χ0n) is 27.5. The molecule has 4 aromatic carbocycles. The normalized spacial score (nSPS) is 20.6. The van der Waals surface area contributed by atoms with E-state index in [-0.39, 0.29) is 0 Å². The van der Waals surface area contributed by atoms with E-state index in [0.29, 0.717) is 36.4 Å². The first-order valence-corrected chi connectivity index (χ1v) is 15.5. The Balaban J connectivity index is 1.52. The molecule has 0 aliphatic carbocycles. The van der Waals surface area contributed by atoms with Crippen molar-refractivity contribution in [3.8, 4) is 80.1 Å². The van der Waals surface area contributed by atoms with E-state index in [9.17, 15) is 85.6 Å². The van der Waals surface area contributed by atoms with E-state index in [4.69, 9.17) is 23.7 Å². The number of hydrogen-bond acceptors (Lipinski definition) is 22. The van der Waals surface area contributed by atoms with Crippen LogP contribution in [0.2, 0.25) is 0 Å². The lowest BCUT2D eigenvalue weighted by Crippen LogP contribution is -2.62. The van der Waals surface area contributed by atoms with Crippen molar-refractivity contribution in [2.75, 3.05) is 6.61 Å². The minimum Gasteiger partial charge on any atom is -0.504 e. The molecule has 56 heavy (non-hydrogen) atoms. The molecule has 22 nitrogen and oxygen atoms in total. The molecular weight excluding hydrogens is 760 g/mol. The van der Waals surface area contributed by atoms with E-state index in [1.165, 1.54) is 0 Å². The highest BCUT2D eigenvalue weighted by atomic mass is 16.7. The topological polar surface area (TPSA) is 377 Å². The average molecular weight is 787 g/mol. The second-order valence-corrected chi connectivity index (χ2v) is 12.0. The van der Waals surface area contributed by atoms with Gasteiger partial charge in [-0.15, -0.1) is 0 Å². The number of carbonyl (C=O) groups excluding carboxylic acids is 4. The van der Waals surface area contributed by atoms with Crippen molar-refractivity contribution < 1.29 is 109 Å². The Kier molecular flexibility index (Phi) is 9.45. The van der Waals surface area contributed by atoms with E-state index in [2.05, 4.69) is 0 Å². The average Bonchev–Trinajstić information content (AvgIpc) is 3.14. The highest BCUT2D eigenvalue weighted by Gasteiger charge is 2.53. The lowest BCUT2D eigenvalue weighted by atomic mass is 9.91. The number of aliphatic hydroxyl groups is 1. The summed E-state index contributed by atoms with van der Waals surface area (Å²) in [6, 6.07) is 3.38. The molecule has 5 unspecified atom stereocenters. The summed E-state index contributed by atoms with van der Waals surface area (Å²) in [6.07, 6.45) is -11.2. The largest absolute Gasteiger partial charge is 0.504 e. The maximum Gasteiger partial charge on any atom is 0.340 e. The number of rotatable bonds is 4. The first-order chi connectivity index (χ1) is 26.3. The Morgan fingerprint density at radius 3 is 1.43 bits per heavy atom. The van der Waals surface area contributed by atoms with Gasteiger partial charge in [0.25, 0.3) is 0 Å². The van der Waals surface area contributed by atoms with Gasteiger partial charge in [-0.1, -0.05) is 0 Å². The number of phenols is 12. The van der Waals surface area contributed by atoms with Crippen molar-refractivity contribution in [1.29, 1.82) is 0 Å². The van der Waals surface area contributed by atoms with Crippen LogP contribution in [-0.2, 0) is 23.7 Å². The standard InChI is InChI=1S/C34H26O22/c35-12-1-8(2-13(36)21(12)41)30(48)55-29-28-25(45)18(53-34(29)56-31(49)9-3-14(37)22(42)15(38)4-9)7-52-32(50)10-5-16(39)23(43)26(46)19(10)20-11(33(51)54-28)6-17(40)24(44)27(20)47/h1-6,18,25,28-29,34-47H,7H2. The molecule has 0 radical (unpaired) electrons. The van der Waals surface area contributed by atoms with Crippen LogP contribution in [0.15, 0.2) is 36.4 Å². The Morgan fingerprint density at radius 1 is 0.554 bits per heavy atom. The molecule has 5 atom stereocenters. The molecule has 2 heterocycles. The Hall–Kier alpha value is -7.72. The minimum atomic E-state index is -2.35. The summed E-state index contributed by atoms with van der Waals surface area (Å²) in [5.41, 5.74) is -5.37. The summed E-state index contributed by atoms with van der Waals surface area (Å²) >= 11 is 0. The van der Waals surface area contributed by atoms with E-state index in [0.717, 1.165) is 0 Å². The molecule has 1 fully saturated rings. The van der Waals surface area contributed by atoms with Gasteiger partial charge in [0.15, 0.2) is 63.6 Å². The van der Waals surface area contributed by atoms with Crippen LogP contribution in [0.5, 0.6) is 69.0 Å².